The molecule has 0 aliphatic heterocycles. The first-order valence-corrected chi connectivity index (χ1v) is 7.77. The van der Waals surface area contributed by atoms with Crippen LogP contribution in [0, 0.1) is 0 Å². The van der Waals surface area contributed by atoms with Gasteiger partial charge in [-0.3, -0.25) is 0 Å². The van der Waals surface area contributed by atoms with E-state index in [1.165, 1.54) is 0 Å². The van der Waals surface area contributed by atoms with Gasteiger partial charge in [-0.15, -0.1) is 0 Å². The zero-order valence-corrected chi connectivity index (χ0v) is 12.0. The van der Waals surface area contributed by atoms with Gasteiger partial charge in [-0.05, 0) is 40.9 Å². The molecule has 0 atom stereocenters. The van der Waals surface area contributed by atoms with Crippen molar-refractivity contribution in [1.82, 2.24) is 4.72 Å². The van der Waals surface area contributed by atoms with Gasteiger partial charge in [0.25, 0.3) is 0 Å². The summed E-state index contributed by atoms with van der Waals surface area (Å²) >= 11 is 9.11. The summed E-state index contributed by atoms with van der Waals surface area (Å²) < 4.78 is 27.3. The fraction of sp³-hybridized carbons (Fsp3) is 0.400. The van der Waals surface area contributed by atoms with Crippen molar-refractivity contribution in [3.8, 4) is 0 Å². The van der Waals surface area contributed by atoms with Crippen LogP contribution in [0.25, 0.3) is 0 Å². The zero-order chi connectivity index (χ0) is 12.6. The van der Waals surface area contributed by atoms with Crippen molar-refractivity contribution in [3.63, 3.8) is 0 Å². The van der Waals surface area contributed by atoms with Crippen LogP contribution in [0.15, 0.2) is 27.6 Å². The monoisotopic (exact) mass is 338 g/mol. The minimum Gasteiger partial charge on any atom is -0.328 e. The number of halogens is 2. The molecule has 0 heterocycles. The molecule has 0 aromatic heterocycles. The SMILES string of the molecule is NC1CC(NS(=O)(=O)c2c(Cl)cccc2Br)C1. The van der Waals surface area contributed by atoms with E-state index < -0.39 is 10.0 Å². The summed E-state index contributed by atoms with van der Waals surface area (Å²) in [5.41, 5.74) is 5.62. The Hall–Kier alpha value is -0.140. The maximum Gasteiger partial charge on any atom is 0.243 e. The van der Waals surface area contributed by atoms with Gasteiger partial charge in [0.1, 0.15) is 4.90 Å². The van der Waals surface area contributed by atoms with Crippen molar-refractivity contribution < 1.29 is 8.42 Å². The third-order valence-corrected chi connectivity index (χ3v) is 5.66. The lowest BCUT2D eigenvalue weighted by Gasteiger charge is -2.32. The van der Waals surface area contributed by atoms with Gasteiger partial charge in [0.05, 0.1) is 5.02 Å². The minimum atomic E-state index is -3.59. The first-order chi connectivity index (χ1) is 7.90. The highest BCUT2D eigenvalue weighted by molar-refractivity contribution is 9.10. The van der Waals surface area contributed by atoms with E-state index in [1.54, 1.807) is 18.2 Å². The molecule has 7 heteroatoms. The van der Waals surface area contributed by atoms with E-state index in [4.69, 9.17) is 17.3 Å². The molecule has 1 aliphatic rings. The van der Waals surface area contributed by atoms with Gasteiger partial charge in [0.2, 0.25) is 10.0 Å². The Morgan fingerprint density at radius 3 is 2.59 bits per heavy atom. The van der Waals surface area contributed by atoms with Gasteiger partial charge >= 0.3 is 0 Å². The molecule has 4 nitrogen and oxygen atoms in total. The van der Waals surface area contributed by atoms with Crippen molar-refractivity contribution in [2.24, 2.45) is 5.73 Å². The molecule has 1 fully saturated rings. The van der Waals surface area contributed by atoms with Crippen LogP contribution >= 0.6 is 27.5 Å². The summed E-state index contributed by atoms with van der Waals surface area (Å²) in [6.07, 6.45) is 1.34. The number of nitrogens with one attached hydrogen (secondary N) is 1. The Balaban J connectivity index is 2.26. The van der Waals surface area contributed by atoms with Crippen LogP contribution in [0.4, 0.5) is 0 Å². The maximum atomic E-state index is 12.1. The van der Waals surface area contributed by atoms with Crippen molar-refractivity contribution in [3.05, 3.63) is 27.7 Å². The van der Waals surface area contributed by atoms with E-state index >= 15 is 0 Å². The Labute approximate surface area is 114 Å². The van der Waals surface area contributed by atoms with Gasteiger partial charge < -0.3 is 5.73 Å². The lowest BCUT2D eigenvalue weighted by Crippen LogP contribution is -2.50. The Morgan fingerprint density at radius 1 is 1.41 bits per heavy atom. The normalized spacial score (nSPS) is 24.4. The number of nitrogens with two attached hydrogens (primary N) is 1. The van der Waals surface area contributed by atoms with Gasteiger partial charge in [-0.25, -0.2) is 13.1 Å². The highest BCUT2D eigenvalue weighted by Crippen LogP contribution is 2.30. The van der Waals surface area contributed by atoms with Crippen molar-refractivity contribution in [1.29, 1.82) is 0 Å². The highest BCUT2D eigenvalue weighted by Gasteiger charge is 2.31. The standard InChI is InChI=1S/C10H12BrClN2O2S/c11-8-2-1-3-9(12)10(8)17(15,16)14-7-4-6(13)5-7/h1-3,6-7,14H,4-5,13H2. The summed E-state index contributed by atoms with van der Waals surface area (Å²) in [6.45, 7) is 0. The summed E-state index contributed by atoms with van der Waals surface area (Å²) in [4.78, 5) is 0.0853. The number of benzene rings is 1. The summed E-state index contributed by atoms with van der Waals surface area (Å²) in [6, 6.07) is 4.89. The molecular weight excluding hydrogens is 328 g/mol. The van der Waals surface area contributed by atoms with Crippen LogP contribution in [0.3, 0.4) is 0 Å². The molecule has 0 bridgehead atoms. The Bertz CT molecular complexity index is 509. The minimum absolute atomic E-state index is 0.0850. The molecule has 0 amide bonds. The molecule has 0 unspecified atom stereocenters. The second-order valence-corrected chi connectivity index (χ2v) is 7.01. The van der Waals surface area contributed by atoms with Gasteiger partial charge in [0.15, 0.2) is 0 Å². The highest BCUT2D eigenvalue weighted by atomic mass is 79.9. The van der Waals surface area contributed by atoms with E-state index in [-0.39, 0.29) is 22.0 Å². The number of hydrogen-bond donors (Lipinski definition) is 2. The first kappa shape index (κ1) is 13.3. The van der Waals surface area contributed by atoms with Crippen LogP contribution in [0.5, 0.6) is 0 Å². The van der Waals surface area contributed by atoms with Crippen molar-refractivity contribution in [2.75, 3.05) is 0 Å². The van der Waals surface area contributed by atoms with E-state index in [0.29, 0.717) is 17.3 Å². The molecule has 0 saturated heterocycles. The maximum absolute atomic E-state index is 12.1. The fourth-order valence-electron chi connectivity index (χ4n) is 1.78. The van der Waals surface area contributed by atoms with Crippen molar-refractivity contribution >= 4 is 37.6 Å². The Morgan fingerprint density at radius 2 is 2.06 bits per heavy atom. The molecule has 1 aromatic rings. The van der Waals surface area contributed by atoms with Crippen LogP contribution < -0.4 is 10.5 Å². The predicted octanol–water partition coefficient (Wildman–Crippen LogP) is 1.87. The summed E-state index contributed by atoms with van der Waals surface area (Å²) in [5, 5.41) is 0.204. The molecular formula is C10H12BrClN2O2S. The average Bonchev–Trinajstić information content (AvgIpc) is 2.14. The van der Waals surface area contributed by atoms with Crippen LogP contribution in [0.2, 0.25) is 5.02 Å². The fourth-order valence-corrected chi connectivity index (χ4v) is 4.77. The van der Waals surface area contributed by atoms with Crippen LogP contribution in [-0.2, 0) is 10.0 Å². The van der Waals surface area contributed by atoms with Gasteiger partial charge in [-0.2, -0.15) is 0 Å². The Kier molecular flexibility index (Phi) is 3.80. The summed E-state index contributed by atoms with van der Waals surface area (Å²) in [7, 11) is -3.59. The molecule has 94 valence electrons. The molecule has 2 rings (SSSR count). The second kappa shape index (κ2) is 4.85. The molecule has 1 aliphatic carbocycles. The van der Waals surface area contributed by atoms with Crippen LogP contribution in [-0.4, -0.2) is 20.5 Å². The van der Waals surface area contributed by atoms with E-state index in [1.807, 2.05) is 0 Å². The number of sulfonamides is 1. The largest absolute Gasteiger partial charge is 0.328 e. The third kappa shape index (κ3) is 2.82. The molecule has 0 spiro atoms. The molecule has 1 saturated carbocycles. The summed E-state index contributed by atoms with van der Waals surface area (Å²) in [5.74, 6) is 0. The lowest BCUT2D eigenvalue weighted by atomic mass is 9.89. The quantitative estimate of drug-likeness (QED) is 0.883. The predicted molar refractivity (Wildman–Crippen MR) is 70.5 cm³/mol. The van der Waals surface area contributed by atoms with E-state index in [2.05, 4.69) is 20.7 Å². The van der Waals surface area contributed by atoms with Gasteiger partial charge in [0, 0.05) is 16.6 Å². The lowest BCUT2D eigenvalue weighted by molar-refractivity contribution is 0.327. The number of rotatable bonds is 3. The molecule has 1 aromatic carbocycles. The zero-order valence-electron chi connectivity index (χ0n) is 8.86. The smallest absolute Gasteiger partial charge is 0.243 e. The molecule has 0 radical (unpaired) electrons. The molecule has 3 N–H and O–H groups in total. The van der Waals surface area contributed by atoms with E-state index in [0.717, 1.165) is 0 Å². The topological polar surface area (TPSA) is 72.2 Å². The second-order valence-electron chi connectivity index (χ2n) is 4.10. The van der Waals surface area contributed by atoms with E-state index in [9.17, 15) is 8.42 Å². The van der Waals surface area contributed by atoms with Crippen molar-refractivity contribution in [2.45, 2.75) is 29.8 Å². The molecule has 17 heavy (non-hydrogen) atoms. The van der Waals surface area contributed by atoms with Crippen LogP contribution in [0.1, 0.15) is 12.8 Å². The average molecular weight is 340 g/mol. The van der Waals surface area contributed by atoms with Gasteiger partial charge in [-0.1, -0.05) is 17.7 Å². The first-order valence-electron chi connectivity index (χ1n) is 5.12. The number of hydrogen-bond acceptors (Lipinski definition) is 3. The third-order valence-electron chi connectivity index (χ3n) is 2.68.